The number of rotatable bonds is 4. The van der Waals surface area contributed by atoms with Gasteiger partial charge in [0, 0.05) is 94.8 Å². The molecule has 6 rings (SSSR count). The van der Waals surface area contributed by atoms with Crippen molar-refractivity contribution >= 4 is 22.4 Å². The van der Waals surface area contributed by atoms with Crippen LogP contribution in [0.25, 0.3) is 10.9 Å². The van der Waals surface area contributed by atoms with Gasteiger partial charge >= 0.3 is 0 Å². The summed E-state index contributed by atoms with van der Waals surface area (Å²) in [5, 5.41) is 14.0. The monoisotopic (exact) mass is 482 g/mol. The fourth-order valence-corrected chi connectivity index (χ4v) is 6.15. The van der Waals surface area contributed by atoms with Gasteiger partial charge < -0.3 is 15.1 Å². The molecule has 3 aromatic rings. The number of piperazine rings is 3. The summed E-state index contributed by atoms with van der Waals surface area (Å²) < 4.78 is 0. The summed E-state index contributed by atoms with van der Waals surface area (Å²) in [6.45, 7) is 12.5. The van der Waals surface area contributed by atoms with Crippen molar-refractivity contribution in [3.63, 3.8) is 0 Å². The van der Waals surface area contributed by atoms with Crippen molar-refractivity contribution in [3.8, 4) is 6.07 Å². The van der Waals surface area contributed by atoms with Crippen molar-refractivity contribution in [2.24, 2.45) is 0 Å². The number of hydrogen-bond donors (Lipinski definition) is 1. The molecule has 2 aromatic heterocycles. The first-order valence-corrected chi connectivity index (χ1v) is 13.1. The number of anilines is 2. The van der Waals surface area contributed by atoms with Crippen molar-refractivity contribution in [2.75, 3.05) is 68.7 Å². The van der Waals surface area contributed by atoms with Gasteiger partial charge in [-0.25, -0.2) is 4.98 Å². The van der Waals surface area contributed by atoms with Crippen molar-refractivity contribution in [3.05, 3.63) is 59.9 Å². The maximum Gasteiger partial charge on any atom is 0.128 e. The highest BCUT2D eigenvalue weighted by molar-refractivity contribution is 5.95. The van der Waals surface area contributed by atoms with Gasteiger partial charge in [0.2, 0.25) is 0 Å². The molecule has 2 atom stereocenters. The maximum absolute atomic E-state index is 9.55. The van der Waals surface area contributed by atoms with Crippen LogP contribution in [0.1, 0.15) is 18.2 Å². The highest BCUT2D eigenvalue weighted by Gasteiger charge is 2.36. The van der Waals surface area contributed by atoms with Crippen LogP contribution in [0.4, 0.5) is 11.5 Å². The Bertz CT molecular complexity index is 1260. The minimum Gasteiger partial charge on any atom is -0.368 e. The number of benzene rings is 1. The fourth-order valence-electron chi connectivity index (χ4n) is 6.15. The Kier molecular flexibility index (Phi) is 6.45. The van der Waals surface area contributed by atoms with Gasteiger partial charge in [0.05, 0.1) is 16.8 Å². The molecule has 3 fully saturated rings. The Labute approximate surface area is 213 Å². The summed E-state index contributed by atoms with van der Waals surface area (Å²) in [6, 6.07) is 17.8. The zero-order valence-corrected chi connectivity index (χ0v) is 21.0. The Morgan fingerprint density at radius 3 is 2.72 bits per heavy atom. The first-order chi connectivity index (χ1) is 17.7. The molecule has 0 radical (unpaired) electrons. The Hall–Kier alpha value is -3.25. The van der Waals surface area contributed by atoms with E-state index >= 15 is 0 Å². The van der Waals surface area contributed by atoms with Crippen molar-refractivity contribution < 1.29 is 0 Å². The predicted octanol–water partition coefficient (Wildman–Crippen LogP) is 2.31. The van der Waals surface area contributed by atoms with E-state index in [-0.39, 0.29) is 0 Å². The van der Waals surface area contributed by atoms with E-state index in [2.05, 4.69) is 73.2 Å². The number of hydrogen-bond acceptors (Lipinski definition) is 8. The molecule has 3 aliphatic heterocycles. The third-order valence-electron chi connectivity index (χ3n) is 7.92. The predicted molar refractivity (Wildman–Crippen MR) is 143 cm³/mol. The van der Waals surface area contributed by atoms with Crippen LogP contribution in [0.15, 0.2) is 48.7 Å². The molecule has 1 aromatic carbocycles. The van der Waals surface area contributed by atoms with Gasteiger partial charge in [0.15, 0.2) is 0 Å². The molecule has 0 amide bonds. The smallest absolute Gasteiger partial charge is 0.128 e. The number of aromatic nitrogens is 2. The van der Waals surface area contributed by atoms with Crippen molar-refractivity contribution in [1.29, 1.82) is 5.26 Å². The van der Waals surface area contributed by atoms with Crippen LogP contribution < -0.4 is 15.1 Å². The minimum absolute atomic E-state index is 0.459. The van der Waals surface area contributed by atoms with Gasteiger partial charge in [-0.2, -0.15) is 5.26 Å². The molecule has 1 N–H and O–H groups in total. The molecule has 0 spiro atoms. The summed E-state index contributed by atoms with van der Waals surface area (Å²) in [5.74, 6) is 1.10. The zero-order valence-electron chi connectivity index (χ0n) is 21.0. The second kappa shape index (κ2) is 10.0. The summed E-state index contributed by atoms with van der Waals surface area (Å²) in [7, 11) is 0. The number of fused-ring (bicyclic) bond motifs is 2. The first-order valence-electron chi connectivity index (χ1n) is 13.1. The molecule has 5 heterocycles. The first kappa shape index (κ1) is 23.2. The quantitative estimate of drug-likeness (QED) is 0.607. The number of nitrogens with one attached hydrogen (secondary N) is 1. The topological polar surface area (TPSA) is 74.6 Å². The standard InChI is InChI=1S/C28H34N8/c1-21-17-35(26-8-7-22(16-29)28-25(26)5-3-9-31-28)20-24-19-33(14-15-36(21)24)18-23-4-2-6-27(32-23)34-12-10-30-11-13-34/h2-9,21,24,30H,10-15,17-20H2,1H3/t21-,24+/m1/s1. The van der Waals surface area contributed by atoms with Crippen LogP contribution in [0, 0.1) is 11.3 Å². The van der Waals surface area contributed by atoms with E-state index in [1.54, 1.807) is 6.20 Å². The average molecular weight is 483 g/mol. The lowest BCUT2D eigenvalue weighted by Gasteiger charge is -2.51. The van der Waals surface area contributed by atoms with Crippen LogP contribution in [0.3, 0.4) is 0 Å². The van der Waals surface area contributed by atoms with Gasteiger partial charge in [0.1, 0.15) is 11.9 Å². The highest BCUT2D eigenvalue weighted by Crippen LogP contribution is 2.32. The molecule has 8 nitrogen and oxygen atoms in total. The minimum atomic E-state index is 0.459. The van der Waals surface area contributed by atoms with Crippen LogP contribution in [-0.2, 0) is 6.54 Å². The molecule has 0 unspecified atom stereocenters. The fraction of sp³-hybridized carbons (Fsp3) is 0.464. The van der Waals surface area contributed by atoms with Crippen LogP contribution >= 0.6 is 0 Å². The molecule has 0 bridgehead atoms. The summed E-state index contributed by atoms with van der Waals surface area (Å²) in [4.78, 5) is 19.7. The molecule has 3 aliphatic rings. The lowest BCUT2D eigenvalue weighted by molar-refractivity contribution is 0.0313. The Balaban J connectivity index is 1.18. The Morgan fingerprint density at radius 2 is 1.86 bits per heavy atom. The number of nitrogens with zero attached hydrogens (tertiary/aromatic N) is 7. The van der Waals surface area contributed by atoms with E-state index in [1.807, 2.05) is 12.1 Å². The molecule has 0 saturated carbocycles. The average Bonchev–Trinajstić information content (AvgIpc) is 2.93. The molecule has 8 heteroatoms. The second-order valence-electron chi connectivity index (χ2n) is 10.2. The van der Waals surface area contributed by atoms with Gasteiger partial charge in [-0.1, -0.05) is 6.07 Å². The summed E-state index contributed by atoms with van der Waals surface area (Å²) >= 11 is 0. The van der Waals surface area contributed by atoms with E-state index < -0.39 is 0 Å². The molecular weight excluding hydrogens is 448 g/mol. The van der Waals surface area contributed by atoms with Crippen LogP contribution in [-0.4, -0.2) is 90.8 Å². The highest BCUT2D eigenvalue weighted by atomic mass is 15.4. The third-order valence-corrected chi connectivity index (χ3v) is 7.92. The summed E-state index contributed by atoms with van der Waals surface area (Å²) in [5.41, 5.74) is 3.78. The lowest BCUT2D eigenvalue weighted by atomic mass is 10.0. The van der Waals surface area contributed by atoms with E-state index in [4.69, 9.17) is 4.98 Å². The lowest BCUT2D eigenvalue weighted by Crippen LogP contribution is -2.65. The molecular formula is C28H34N8. The molecule has 3 saturated heterocycles. The zero-order chi connectivity index (χ0) is 24.5. The van der Waals surface area contributed by atoms with E-state index in [0.717, 1.165) is 87.9 Å². The Morgan fingerprint density at radius 1 is 0.972 bits per heavy atom. The normalized spacial score (nSPS) is 23.4. The number of nitriles is 1. The SMILES string of the molecule is C[C@@H]1CN(c2ccc(C#N)c3ncccc23)C[C@@H]2CN(Cc3cccc(N4CCNCC4)n3)CCN21. The van der Waals surface area contributed by atoms with Crippen molar-refractivity contribution in [2.45, 2.75) is 25.6 Å². The van der Waals surface area contributed by atoms with Gasteiger partial charge in [-0.15, -0.1) is 0 Å². The molecule has 186 valence electrons. The van der Waals surface area contributed by atoms with Crippen LogP contribution in [0.2, 0.25) is 0 Å². The van der Waals surface area contributed by atoms with Gasteiger partial charge in [0.25, 0.3) is 0 Å². The van der Waals surface area contributed by atoms with E-state index in [0.29, 0.717) is 17.6 Å². The van der Waals surface area contributed by atoms with Crippen molar-refractivity contribution in [1.82, 2.24) is 25.1 Å². The van der Waals surface area contributed by atoms with E-state index in [9.17, 15) is 5.26 Å². The second-order valence-corrected chi connectivity index (χ2v) is 10.2. The maximum atomic E-state index is 9.55. The molecule has 36 heavy (non-hydrogen) atoms. The number of pyridine rings is 2. The largest absolute Gasteiger partial charge is 0.368 e. The van der Waals surface area contributed by atoms with Gasteiger partial charge in [-0.05, 0) is 43.3 Å². The third kappa shape index (κ3) is 4.50. The van der Waals surface area contributed by atoms with Crippen LogP contribution in [0.5, 0.6) is 0 Å². The van der Waals surface area contributed by atoms with E-state index in [1.165, 1.54) is 5.69 Å². The summed E-state index contributed by atoms with van der Waals surface area (Å²) in [6.07, 6.45) is 1.78. The van der Waals surface area contributed by atoms with Gasteiger partial charge in [-0.3, -0.25) is 14.8 Å². The molecule has 0 aliphatic carbocycles.